The highest BCUT2D eigenvalue weighted by molar-refractivity contribution is 5.33. The summed E-state index contributed by atoms with van der Waals surface area (Å²) in [7, 11) is 0. The maximum atomic E-state index is 12.1. The van der Waals surface area contributed by atoms with Crippen LogP contribution in [0.3, 0.4) is 0 Å². The molecule has 0 heterocycles. The largest absolute Gasteiger partial charge is 0.573 e. The summed E-state index contributed by atoms with van der Waals surface area (Å²) in [4.78, 5) is 0. The van der Waals surface area contributed by atoms with Crippen LogP contribution >= 0.6 is 0 Å². The Kier molecular flexibility index (Phi) is 4.57. The van der Waals surface area contributed by atoms with Crippen LogP contribution < -0.4 is 10.1 Å². The van der Waals surface area contributed by atoms with Gasteiger partial charge in [-0.25, -0.2) is 0 Å². The van der Waals surface area contributed by atoms with Crippen molar-refractivity contribution in [3.63, 3.8) is 0 Å². The highest BCUT2D eigenvalue weighted by Gasteiger charge is 2.31. The van der Waals surface area contributed by atoms with E-state index in [0.29, 0.717) is 18.7 Å². The fourth-order valence-corrected chi connectivity index (χ4v) is 1.28. The average Bonchev–Trinajstić information content (AvgIpc) is 2.17. The van der Waals surface area contributed by atoms with Crippen LogP contribution in [-0.4, -0.2) is 12.9 Å². The van der Waals surface area contributed by atoms with E-state index in [0.717, 1.165) is 5.57 Å². The topological polar surface area (TPSA) is 21.3 Å². The second-order valence-corrected chi connectivity index (χ2v) is 3.72. The second kappa shape index (κ2) is 5.72. The highest BCUT2D eigenvalue weighted by Crippen LogP contribution is 2.25. The van der Waals surface area contributed by atoms with Crippen molar-refractivity contribution < 1.29 is 17.9 Å². The van der Waals surface area contributed by atoms with Gasteiger partial charge in [-0.1, -0.05) is 30.4 Å². The molecule has 0 aliphatic heterocycles. The molecular formula is C12H14F3NO. The van der Waals surface area contributed by atoms with Crippen LogP contribution in [0, 0.1) is 0 Å². The van der Waals surface area contributed by atoms with Gasteiger partial charge in [-0.15, -0.1) is 13.2 Å². The normalized spacial score (nSPS) is 11.3. The summed E-state index contributed by atoms with van der Waals surface area (Å²) >= 11 is 0. The van der Waals surface area contributed by atoms with Crippen LogP contribution in [0.1, 0.15) is 12.5 Å². The molecule has 1 N–H and O–H groups in total. The van der Waals surface area contributed by atoms with E-state index in [9.17, 15) is 13.2 Å². The molecule has 94 valence electrons. The Labute approximate surface area is 98.1 Å². The predicted octanol–water partition coefficient (Wildman–Crippen LogP) is 3.25. The van der Waals surface area contributed by atoms with Crippen LogP contribution in [-0.2, 0) is 6.54 Å². The summed E-state index contributed by atoms with van der Waals surface area (Å²) in [5.41, 5.74) is 1.38. The van der Waals surface area contributed by atoms with Gasteiger partial charge in [-0.3, -0.25) is 0 Å². The predicted molar refractivity (Wildman–Crippen MR) is 59.6 cm³/mol. The summed E-state index contributed by atoms with van der Waals surface area (Å²) in [6.45, 7) is 6.39. The first-order chi connectivity index (χ1) is 7.88. The minimum absolute atomic E-state index is 0.172. The number of rotatable bonds is 5. The quantitative estimate of drug-likeness (QED) is 0.804. The van der Waals surface area contributed by atoms with E-state index in [1.165, 1.54) is 12.1 Å². The first-order valence-corrected chi connectivity index (χ1v) is 5.07. The number of benzene rings is 1. The lowest BCUT2D eigenvalue weighted by Gasteiger charge is -2.13. The number of hydrogen-bond donors (Lipinski definition) is 1. The molecule has 0 spiro atoms. The van der Waals surface area contributed by atoms with Crippen LogP contribution in [0.4, 0.5) is 13.2 Å². The van der Waals surface area contributed by atoms with Crippen molar-refractivity contribution in [3.05, 3.63) is 42.0 Å². The van der Waals surface area contributed by atoms with Gasteiger partial charge in [0.15, 0.2) is 0 Å². The van der Waals surface area contributed by atoms with Gasteiger partial charge in [0.2, 0.25) is 0 Å². The lowest BCUT2D eigenvalue weighted by atomic mass is 10.2. The molecular weight excluding hydrogens is 231 g/mol. The fourth-order valence-electron chi connectivity index (χ4n) is 1.28. The molecule has 0 radical (unpaired) electrons. The number of halogens is 3. The Morgan fingerprint density at radius 1 is 1.35 bits per heavy atom. The number of para-hydroxylation sites is 1. The van der Waals surface area contributed by atoms with Gasteiger partial charge < -0.3 is 10.1 Å². The number of nitrogens with one attached hydrogen (secondary N) is 1. The van der Waals surface area contributed by atoms with Gasteiger partial charge in [0, 0.05) is 18.7 Å². The molecule has 0 fully saturated rings. The van der Waals surface area contributed by atoms with Gasteiger partial charge >= 0.3 is 6.36 Å². The molecule has 0 aromatic heterocycles. The van der Waals surface area contributed by atoms with E-state index >= 15 is 0 Å². The molecule has 5 heteroatoms. The van der Waals surface area contributed by atoms with Crippen molar-refractivity contribution in [1.82, 2.24) is 5.32 Å². The zero-order valence-corrected chi connectivity index (χ0v) is 9.47. The van der Waals surface area contributed by atoms with Crippen LogP contribution in [0.2, 0.25) is 0 Å². The summed E-state index contributed by atoms with van der Waals surface area (Å²) in [6.07, 6.45) is -4.66. The lowest BCUT2D eigenvalue weighted by molar-refractivity contribution is -0.274. The molecule has 1 aromatic rings. The monoisotopic (exact) mass is 245 g/mol. The number of ether oxygens (including phenoxy) is 1. The Morgan fingerprint density at radius 2 is 2.00 bits per heavy atom. The molecule has 0 aliphatic carbocycles. The molecule has 1 rings (SSSR count). The van der Waals surface area contributed by atoms with Gasteiger partial charge in [0.1, 0.15) is 5.75 Å². The molecule has 1 aromatic carbocycles. The maximum absolute atomic E-state index is 12.1. The Morgan fingerprint density at radius 3 is 2.59 bits per heavy atom. The zero-order valence-electron chi connectivity index (χ0n) is 9.47. The SMILES string of the molecule is C=C(C)CNCc1ccccc1OC(F)(F)F. The third-order valence-electron chi connectivity index (χ3n) is 1.94. The molecule has 2 nitrogen and oxygen atoms in total. The molecule has 0 saturated heterocycles. The van der Waals surface area contributed by atoms with Crippen LogP contribution in [0.25, 0.3) is 0 Å². The summed E-state index contributed by atoms with van der Waals surface area (Å²) in [5.74, 6) is -0.172. The highest BCUT2D eigenvalue weighted by atomic mass is 19.4. The van der Waals surface area contributed by atoms with Crippen molar-refractivity contribution in [1.29, 1.82) is 0 Å². The van der Waals surface area contributed by atoms with E-state index in [4.69, 9.17) is 0 Å². The molecule has 0 atom stereocenters. The number of alkyl halides is 3. The zero-order chi connectivity index (χ0) is 12.9. The average molecular weight is 245 g/mol. The first-order valence-electron chi connectivity index (χ1n) is 5.07. The second-order valence-electron chi connectivity index (χ2n) is 3.72. The Bertz CT molecular complexity index is 388. The molecule has 17 heavy (non-hydrogen) atoms. The van der Waals surface area contributed by atoms with Crippen molar-refractivity contribution in [2.24, 2.45) is 0 Å². The minimum atomic E-state index is -4.66. The van der Waals surface area contributed by atoms with Crippen molar-refractivity contribution in [3.8, 4) is 5.75 Å². The molecule has 0 saturated carbocycles. The van der Waals surface area contributed by atoms with E-state index in [2.05, 4.69) is 16.6 Å². The molecule has 0 amide bonds. The van der Waals surface area contributed by atoms with Crippen molar-refractivity contribution in [2.45, 2.75) is 19.8 Å². The number of hydrogen-bond acceptors (Lipinski definition) is 2. The van der Waals surface area contributed by atoms with Gasteiger partial charge in [-0.05, 0) is 13.0 Å². The lowest BCUT2D eigenvalue weighted by Crippen LogP contribution is -2.20. The Balaban J connectivity index is 2.67. The van der Waals surface area contributed by atoms with Gasteiger partial charge in [0.05, 0.1) is 0 Å². The van der Waals surface area contributed by atoms with Crippen molar-refractivity contribution >= 4 is 0 Å². The first kappa shape index (κ1) is 13.6. The summed E-state index contributed by atoms with van der Waals surface area (Å²) < 4.78 is 40.3. The molecule has 0 bridgehead atoms. The van der Waals surface area contributed by atoms with Crippen LogP contribution in [0.5, 0.6) is 5.75 Å². The van der Waals surface area contributed by atoms with Crippen LogP contribution in [0.15, 0.2) is 36.4 Å². The van der Waals surface area contributed by atoms with E-state index in [1.54, 1.807) is 12.1 Å². The minimum Gasteiger partial charge on any atom is -0.405 e. The fraction of sp³-hybridized carbons (Fsp3) is 0.333. The summed E-state index contributed by atoms with van der Waals surface area (Å²) in [6, 6.07) is 6.06. The van der Waals surface area contributed by atoms with Crippen molar-refractivity contribution in [2.75, 3.05) is 6.54 Å². The summed E-state index contributed by atoms with van der Waals surface area (Å²) in [5, 5.41) is 2.98. The van der Waals surface area contributed by atoms with Gasteiger partial charge in [0.25, 0.3) is 0 Å². The van der Waals surface area contributed by atoms with E-state index in [1.807, 2.05) is 6.92 Å². The standard InChI is InChI=1S/C12H14F3NO/c1-9(2)7-16-8-10-5-3-4-6-11(10)17-12(13,14)15/h3-6,16H,1,7-8H2,2H3. The molecule has 0 unspecified atom stereocenters. The van der Waals surface area contributed by atoms with E-state index < -0.39 is 6.36 Å². The Hall–Kier alpha value is -1.49. The third kappa shape index (κ3) is 5.40. The maximum Gasteiger partial charge on any atom is 0.573 e. The molecule has 0 aliphatic rings. The third-order valence-corrected chi connectivity index (χ3v) is 1.94. The smallest absolute Gasteiger partial charge is 0.405 e. The van der Waals surface area contributed by atoms with Gasteiger partial charge in [-0.2, -0.15) is 0 Å². The van der Waals surface area contributed by atoms with E-state index in [-0.39, 0.29) is 5.75 Å².